The van der Waals surface area contributed by atoms with Crippen molar-refractivity contribution < 1.29 is 9.90 Å². The van der Waals surface area contributed by atoms with Crippen molar-refractivity contribution >= 4 is 12.0 Å². The molecule has 0 unspecified atom stereocenters. The number of hydrogen-bond acceptors (Lipinski definition) is 3. The number of carboxylic acids is 1. The van der Waals surface area contributed by atoms with Gasteiger partial charge in [-0.1, -0.05) is 5.57 Å². The highest BCUT2D eigenvalue weighted by atomic mass is 16.4. The largest absolute Gasteiger partial charge is 0.481 e. The van der Waals surface area contributed by atoms with Gasteiger partial charge in [0.1, 0.15) is 0 Å². The van der Waals surface area contributed by atoms with E-state index in [0.29, 0.717) is 12.0 Å². The van der Waals surface area contributed by atoms with Crippen LogP contribution in [0.15, 0.2) is 21.4 Å². The zero-order valence-electron chi connectivity index (χ0n) is 8.74. The van der Waals surface area contributed by atoms with Crippen LogP contribution in [0.5, 0.6) is 0 Å². The Morgan fingerprint density at radius 3 is 2.69 bits per heavy atom. The molecular weight excluding hydrogens is 212 g/mol. The van der Waals surface area contributed by atoms with E-state index in [1.807, 2.05) is 0 Å². The lowest BCUT2D eigenvalue weighted by Crippen LogP contribution is -2.22. The topological polar surface area (TPSA) is 103 Å². The summed E-state index contributed by atoms with van der Waals surface area (Å²) in [4.78, 5) is 36.8. The minimum Gasteiger partial charge on any atom is -0.481 e. The van der Waals surface area contributed by atoms with Gasteiger partial charge in [-0.05, 0) is 19.4 Å². The van der Waals surface area contributed by atoms with Crippen LogP contribution in [0.4, 0.5) is 0 Å². The summed E-state index contributed by atoms with van der Waals surface area (Å²) in [7, 11) is 0. The normalized spacial score (nSPS) is 11.4. The van der Waals surface area contributed by atoms with Gasteiger partial charge in [-0.2, -0.15) is 0 Å². The van der Waals surface area contributed by atoms with Crippen molar-refractivity contribution in [2.24, 2.45) is 0 Å². The number of rotatable bonds is 4. The van der Waals surface area contributed by atoms with Crippen LogP contribution in [0.1, 0.15) is 25.3 Å². The van der Waals surface area contributed by atoms with E-state index in [1.165, 1.54) is 6.20 Å². The number of nitrogens with one attached hydrogen (secondary N) is 2. The molecule has 0 aliphatic heterocycles. The number of H-pyrrole nitrogens is 2. The fraction of sp³-hybridized carbons (Fsp3) is 0.300. The minimum absolute atomic E-state index is 0.0175. The number of aromatic amines is 2. The van der Waals surface area contributed by atoms with Gasteiger partial charge in [-0.3, -0.25) is 14.6 Å². The Balaban J connectivity index is 2.86. The lowest BCUT2D eigenvalue weighted by molar-refractivity contribution is -0.136. The van der Waals surface area contributed by atoms with Crippen molar-refractivity contribution in [3.8, 4) is 0 Å². The smallest absolute Gasteiger partial charge is 0.325 e. The number of carbonyl (C=O) groups is 1. The first-order valence-corrected chi connectivity index (χ1v) is 4.70. The molecule has 0 saturated heterocycles. The van der Waals surface area contributed by atoms with Crippen LogP contribution in [-0.4, -0.2) is 21.0 Å². The second-order valence-electron chi connectivity index (χ2n) is 3.41. The van der Waals surface area contributed by atoms with E-state index in [1.54, 1.807) is 13.0 Å². The lowest BCUT2D eigenvalue weighted by atomic mass is 10.1. The summed E-state index contributed by atoms with van der Waals surface area (Å²) >= 11 is 0. The van der Waals surface area contributed by atoms with Crippen molar-refractivity contribution in [2.45, 2.75) is 19.8 Å². The van der Waals surface area contributed by atoms with Gasteiger partial charge in [-0.15, -0.1) is 0 Å². The zero-order chi connectivity index (χ0) is 12.1. The number of aliphatic carboxylic acids is 1. The Morgan fingerprint density at radius 2 is 2.12 bits per heavy atom. The first-order chi connectivity index (χ1) is 7.49. The van der Waals surface area contributed by atoms with Crippen molar-refractivity contribution in [3.05, 3.63) is 38.2 Å². The maximum Gasteiger partial charge on any atom is 0.325 e. The molecule has 16 heavy (non-hydrogen) atoms. The fourth-order valence-corrected chi connectivity index (χ4v) is 1.17. The third-order valence-electron chi connectivity index (χ3n) is 1.98. The van der Waals surface area contributed by atoms with Gasteiger partial charge in [0, 0.05) is 12.6 Å². The number of hydrogen-bond donors (Lipinski definition) is 3. The van der Waals surface area contributed by atoms with Gasteiger partial charge >= 0.3 is 11.7 Å². The molecule has 6 heteroatoms. The molecule has 0 aromatic carbocycles. The van der Waals surface area contributed by atoms with Gasteiger partial charge in [0.15, 0.2) is 0 Å². The summed E-state index contributed by atoms with van der Waals surface area (Å²) in [5, 5.41) is 8.48. The molecule has 0 bridgehead atoms. The fourth-order valence-electron chi connectivity index (χ4n) is 1.17. The second-order valence-corrected chi connectivity index (χ2v) is 3.41. The molecule has 86 valence electrons. The maximum absolute atomic E-state index is 11.3. The average Bonchev–Trinajstić information content (AvgIpc) is 2.19. The van der Waals surface area contributed by atoms with E-state index >= 15 is 0 Å². The second kappa shape index (κ2) is 5.11. The molecule has 6 nitrogen and oxygen atoms in total. The zero-order valence-corrected chi connectivity index (χ0v) is 8.74. The van der Waals surface area contributed by atoms with E-state index in [9.17, 15) is 14.4 Å². The summed E-state index contributed by atoms with van der Waals surface area (Å²) in [6.07, 6.45) is 3.24. The van der Waals surface area contributed by atoms with Crippen LogP contribution in [0.3, 0.4) is 0 Å². The van der Waals surface area contributed by atoms with Gasteiger partial charge in [0.2, 0.25) is 0 Å². The number of aromatic nitrogens is 2. The van der Waals surface area contributed by atoms with Crippen LogP contribution >= 0.6 is 0 Å². The molecule has 0 aliphatic carbocycles. The Bertz CT molecular complexity index is 524. The third-order valence-corrected chi connectivity index (χ3v) is 1.98. The molecule has 3 N–H and O–H groups in total. The Hall–Kier alpha value is -2.11. The van der Waals surface area contributed by atoms with E-state index in [0.717, 1.165) is 5.57 Å². The van der Waals surface area contributed by atoms with Gasteiger partial charge < -0.3 is 10.1 Å². The summed E-state index contributed by atoms with van der Waals surface area (Å²) in [5.74, 6) is -0.886. The Morgan fingerprint density at radius 1 is 1.44 bits per heavy atom. The predicted molar refractivity (Wildman–Crippen MR) is 58.2 cm³/mol. The summed E-state index contributed by atoms with van der Waals surface area (Å²) in [6.45, 7) is 1.73. The average molecular weight is 224 g/mol. The van der Waals surface area contributed by atoms with E-state index < -0.39 is 17.2 Å². The van der Waals surface area contributed by atoms with Crippen LogP contribution in [-0.2, 0) is 4.79 Å². The molecule has 0 amide bonds. The highest BCUT2D eigenvalue weighted by molar-refractivity contribution is 5.67. The lowest BCUT2D eigenvalue weighted by Gasteiger charge is -1.97. The molecule has 1 heterocycles. The Kier molecular flexibility index (Phi) is 3.82. The number of carboxylic acid groups (broad SMARTS) is 1. The van der Waals surface area contributed by atoms with E-state index in [-0.39, 0.29) is 6.42 Å². The van der Waals surface area contributed by atoms with E-state index in [4.69, 9.17) is 5.11 Å². The molecule has 0 spiro atoms. The van der Waals surface area contributed by atoms with Crippen molar-refractivity contribution in [1.82, 2.24) is 9.97 Å². The molecule has 1 aromatic rings. The van der Waals surface area contributed by atoms with Crippen molar-refractivity contribution in [1.29, 1.82) is 0 Å². The molecule has 0 aliphatic rings. The van der Waals surface area contributed by atoms with Gasteiger partial charge in [-0.25, -0.2) is 4.79 Å². The minimum atomic E-state index is -0.886. The first-order valence-electron chi connectivity index (χ1n) is 4.70. The molecule has 1 aromatic heterocycles. The van der Waals surface area contributed by atoms with Gasteiger partial charge in [0.25, 0.3) is 5.56 Å². The standard InChI is InChI=1S/C10H12N2O4/c1-6(2-3-8(13)14)4-7-5-11-10(16)12-9(7)15/h4-5H,2-3H2,1H3,(H,13,14)(H2,11,12,15,16). The molecule has 1 rings (SSSR count). The van der Waals surface area contributed by atoms with Crippen LogP contribution in [0.25, 0.3) is 6.08 Å². The highest BCUT2D eigenvalue weighted by Crippen LogP contribution is 2.07. The monoisotopic (exact) mass is 224 g/mol. The SMILES string of the molecule is CC(=Cc1c[nH]c(=O)[nH]c1=O)CCC(=O)O. The molecule has 0 fully saturated rings. The van der Waals surface area contributed by atoms with E-state index in [2.05, 4.69) is 9.97 Å². The van der Waals surface area contributed by atoms with Crippen LogP contribution < -0.4 is 11.2 Å². The molecule has 0 atom stereocenters. The summed E-state index contributed by atoms with van der Waals surface area (Å²) < 4.78 is 0. The molecule has 0 radical (unpaired) electrons. The maximum atomic E-state index is 11.3. The molecule has 0 saturated carbocycles. The summed E-state index contributed by atoms with van der Waals surface area (Å²) in [5.41, 5.74) is 0.0196. The first kappa shape index (κ1) is 12.0. The summed E-state index contributed by atoms with van der Waals surface area (Å²) in [6, 6.07) is 0. The van der Waals surface area contributed by atoms with Crippen LogP contribution in [0.2, 0.25) is 0 Å². The predicted octanol–water partition coefficient (Wildman–Crippen LogP) is 0.331. The van der Waals surface area contributed by atoms with Gasteiger partial charge in [0.05, 0.1) is 5.56 Å². The highest BCUT2D eigenvalue weighted by Gasteiger charge is 2.00. The third kappa shape index (κ3) is 3.56. The Labute approximate surface area is 90.6 Å². The van der Waals surface area contributed by atoms with Crippen molar-refractivity contribution in [3.63, 3.8) is 0 Å². The van der Waals surface area contributed by atoms with Crippen LogP contribution in [0, 0.1) is 0 Å². The molecular formula is C10H12N2O4. The number of allylic oxidation sites excluding steroid dienone is 1. The quantitative estimate of drug-likeness (QED) is 0.685. The van der Waals surface area contributed by atoms with Crippen molar-refractivity contribution in [2.75, 3.05) is 0 Å².